The van der Waals surface area contributed by atoms with Gasteiger partial charge < -0.3 is 14.5 Å². The quantitative estimate of drug-likeness (QED) is 0.524. The van der Waals surface area contributed by atoms with Crippen molar-refractivity contribution in [1.29, 1.82) is 0 Å². The molecular formula is C20H18BrN3O3. The number of aromatic nitrogens is 3. The monoisotopic (exact) mass is 427 g/mol. The number of nitrogens with zero attached hydrogens (tertiary/aromatic N) is 2. The van der Waals surface area contributed by atoms with Gasteiger partial charge in [0.2, 0.25) is 0 Å². The van der Waals surface area contributed by atoms with Gasteiger partial charge in [0, 0.05) is 21.9 Å². The largest absolute Gasteiger partial charge is 0.493 e. The molecule has 0 radical (unpaired) electrons. The molecule has 1 N–H and O–H groups in total. The molecule has 0 spiro atoms. The Kier molecular flexibility index (Phi) is 4.61. The second kappa shape index (κ2) is 7.08. The smallest absolute Gasteiger partial charge is 0.277 e. The fourth-order valence-corrected chi connectivity index (χ4v) is 3.57. The Morgan fingerprint density at radius 1 is 1.11 bits per heavy atom. The van der Waals surface area contributed by atoms with E-state index in [0.717, 1.165) is 20.9 Å². The molecule has 7 heteroatoms. The maximum absolute atomic E-state index is 12.9. The lowest BCUT2D eigenvalue weighted by molar-refractivity contribution is 0.354. The van der Waals surface area contributed by atoms with Crippen molar-refractivity contribution in [3.05, 3.63) is 63.1 Å². The first kappa shape index (κ1) is 17.6. The Bertz CT molecular complexity index is 1200. The van der Waals surface area contributed by atoms with Crippen molar-refractivity contribution >= 4 is 37.9 Å². The summed E-state index contributed by atoms with van der Waals surface area (Å²) in [7, 11) is 3.22. The second-order valence-corrected chi connectivity index (χ2v) is 7.14. The fourth-order valence-electron chi connectivity index (χ4n) is 3.21. The molecule has 0 unspecified atom stereocenters. The standard InChI is InChI=1S/C20H18BrN3O3/c1-26-16-6-3-12(9-17(16)27-2)7-8-24-11-22-18-14-10-13(21)4-5-15(14)23-19(18)20(24)25/h3-6,9-11,23H,7-8H2,1-2H3. The van der Waals surface area contributed by atoms with Gasteiger partial charge in [0.05, 0.1) is 20.5 Å². The number of aromatic amines is 1. The highest BCUT2D eigenvalue weighted by Gasteiger charge is 2.12. The van der Waals surface area contributed by atoms with Crippen LogP contribution < -0.4 is 15.0 Å². The molecule has 27 heavy (non-hydrogen) atoms. The average molecular weight is 428 g/mol. The highest BCUT2D eigenvalue weighted by Crippen LogP contribution is 2.28. The first-order valence-electron chi connectivity index (χ1n) is 8.48. The third-order valence-electron chi connectivity index (χ3n) is 4.62. The number of aryl methyl sites for hydroxylation is 2. The summed E-state index contributed by atoms with van der Waals surface area (Å²) in [5, 5.41) is 0.934. The summed E-state index contributed by atoms with van der Waals surface area (Å²) in [6.45, 7) is 0.524. The highest BCUT2D eigenvalue weighted by atomic mass is 79.9. The number of ether oxygens (including phenoxy) is 2. The zero-order valence-corrected chi connectivity index (χ0v) is 16.5. The third-order valence-corrected chi connectivity index (χ3v) is 5.12. The van der Waals surface area contributed by atoms with Gasteiger partial charge in [-0.3, -0.25) is 9.36 Å². The van der Waals surface area contributed by atoms with Gasteiger partial charge in [0.1, 0.15) is 11.0 Å². The Morgan fingerprint density at radius 3 is 2.70 bits per heavy atom. The molecule has 0 saturated carbocycles. The number of hydrogen-bond acceptors (Lipinski definition) is 4. The Balaban J connectivity index is 1.66. The molecule has 2 heterocycles. The lowest BCUT2D eigenvalue weighted by Crippen LogP contribution is -2.21. The molecule has 0 atom stereocenters. The van der Waals surface area contributed by atoms with Gasteiger partial charge in [0.25, 0.3) is 5.56 Å². The molecule has 4 aromatic rings. The topological polar surface area (TPSA) is 69.1 Å². The lowest BCUT2D eigenvalue weighted by atomic mass is 10.1. The normalized spacial score (nSPS) is 11.2. The van der Waals surface area contributed by atoms with E-state index in [0.29, 0.717) is 35.5 Å². The minimum Gasteiger partial charge on any atom is -0.493 e. The predicted octanol–water partition coefficient (Wildman–Crippen LogP) is 3.90. The van der Waals surface area contributed by atoms with Crippen LogP contribution in [0.2, 0.25) is 0 Å². The maximum atomic E-state index is 12.9. The average Bonchev–Trinajstić information content (AvgIpc) is 3.06. The van der Waals surface area contributed by atoms with Crippen LogP contribution in [0.25, 0.3) is 21.9 Å². The molecule has 0 saturated heterocycles. The minimum atomic E-state index is -0.0761. The van der Waals surface area contributed by atoms with E-state index >= 15 is 0 Å². The maximum Gasteiger partial charge on any atom is 0.277 e. The summed E-state index contributed by atoms with van der Waals surface area (Å²) < 4.78 is 13.2. The van der Waals surface area contributed by atoms with Crippen LogP contribution >= 0.6 is 15.9 Å². The molecule has 138 valence electrons. The number of rotatable bonds is 5. The SMILES string of the molecule is COc1ccc(CCn2cnc3c([nH]c4ccc(Br)cc43)c2=O)cc1OC. The zero-order valence-electron chi connectivity index (χ0n) is 15.0. The van der Waals surface area contributed by atoms with Gasteiger partial charge in [0.15, 0.2) is 11.5 Å². The van der Waals surface area contributed by atoms with Crippen LogP contribution in [0.5, 0.6) is 11.5 Å². The Labute approximate surface area is 163 Å². The van der Waals surface area contributed by atoms with Crippen molar-refractivity contribution in [2.75, 3.05) is 14.2 Å². The van der Waals surface area contributed by atoms with Crippen LogP contribution in [-0.2, 0) is 13.0 Å². The number of halogens is 1. The predicted molar refractivity (Wildman–Crippen MR) is 109 cm³/mol. The summed E-state index contributed by atoms with van der Waals surface area (Å²) in [5.74, 6) is 1.36. The van der Waals surface area contributed by atoms with Gasteiger partial charge in [-0.1, -0.05) is 22.0 Å². The summed E-state index contributed by atoms with van der Waals surface area (Å²) in [6, 6.07) is 11.6. The molecule has 0 aliphatic rings. The van der Waals surface area contributed by atoms with E-state index in [9.17, 15) is 4.79 Å². The molecule has 0 aliphatic heterocycles. The molecule has 2 aromatic carbocycles. The van der Waals surface area contributed by atoms with E-state index in [1.54, 1.807) is 25.1 Å². The van der Waals surface area contributed by atoms with Gasteiger partial charge >= 0.3 is 0 Å². The Morgan fingerprint density at radius 2 is 1.93 bits per heavy atom. The van der Waals surface area contributed by atoms with Crippen molar-refractivity contribution in [3.8, 4) is 11.5 Å². The third kappa shape index (κ3) is 3.19. The van der Waals surface area contributed by atoms with Crippen molar-refractivity contribution in [2.45, 2.75) is 13.0 Å². The minimum absolute atomic E-state index is 0.0761. The molecule has 6 nitrogen and oxygen atoms in total. The Hall–Kier alpha value is -2.80. The number of methoxy groups -OCH3 is 2. The van der Waals surface area contributed by atoms with Crippen LogP contribution in [-0.4, -0.2) is 28.8 Å². The van der Waals surface area contributed by atoms with E-state index in [1.165, 1.54) is 0 Å². The van der Waals surface area contributed by atoms with E-state index in [2.05, 4.69) is 25.9 Å². The van der Waals surface area contributed by atoms with Crippen LogP contribution in [0.15, 0.2) is 52.0 Å². The van der Waals surface area contributed by atoms with Crippen molar-refractivity contribution in [3.63, 3.8) is 0 Å². The number of benzene rings is 2. The lowest BCUT2D eigenvalue weighted by Gasteiger charge is -2.10. The number of nitrogens with one attached hydrogen (secondary N) is 1. The van der Waals surface area contributed by atoms with Crippen molar-refractivity contribution in [1.82, 2.24) is 14.5 Å². The van der Waals surface area contributed by atoms with E-state index in [1.807, 2.05) is 36.4 Å². The summed E-state index contributed by atoms with van der Waals surface area (Å²) in [6.07, 6.45) is 2.29. The van der Waals surface area contributed by atoms with Gasteiger partial charge in [-0.05, 0) is 42.3 Å². The summed E-state index contributed by atoms with van der Waals surface area (Å²) in [5.41, 5.74) is 3.10. The zero-order chi connectivity index (χ0) is 19.0. The summed E-state index contributed by atoms with van der Waals surface area (Å²) >= 11 is 3.46. The molecule has 0 fully saturated rings. The molecule has 0 aliphatic carbocycles. The molecule has 2 aromatic heterocycles. The first-order valence-corrected chi connectivity index (χ1v) is 9.27. The van der Waals surface area contributed by atoms with Gasteiger partial charge in [-0.15, -0.1) is 0 Å². The van der Waals surface area contributed by atoms with Crippen molar-refractivity contribution in [2.24, 2.45) is 0 Å². The van der Waals surface area contributed by atoms with Crippen LogP contribution in [0.1, 0.15) is 5.56 Å². The summed E-state index contributed by atoms with van der Waals surface area (Å²) in [4.78, 5) is 20.6. The first-order chi connectivity index (χ1) is 13.1. The van der Waals surface area contributed by atoms with E-state index < -0.39 is 0 Å². The highest BCUT2D eigenvalue weighted by molar-refractivity contribution is 9.10. The van der Waals surface area contributed by atoms with Gasteiger partial charge in [-0.2, -0.15) is 0 Å². The van der Waals surface area contributed by atoms with Crippen LogP contribution in [0.3, 0.4) is 0 Å². The van der Waals surface area contributed by atoms with E-state index in [4.69, 9.17) is 9.47 Å². The molecule has 0 bridgehead atoms. The fraction of sp³-hybridized carbons (Fsp3) is 0.200. The molecule has 4 rings (SSSR count). The molecular weight excluding hydrogens is 410 g/mol. The second-order valence-electron chi connectivity index (χ2n) is 6.22. The van der Waals surface area contributed by atoms with E-state index in [-0.39, 0.29) is 5.56 Å². The van der Waals surface area contributed by atoms with Crippen LogP contribution in [0.4, 0.5) is 0 Å². The van der Waals surface area contributed by atoms with Gasteiger partial charge in [-0.25, -0.2) is 4.98 Å². The molecule has 0 amide bonds. The number of H-pyrrole nitrogens is 1. The van der Waals surface area contributed by atoms with Crippen molar-refractivity contribution < 1.29 is 9.47 Å². The number of hydrogen-bond donors (Lipinski definition) is 1. The number of fused-ring (bicyclic) bond motifs is 3. The van der Waals surface area contributed by atoms with Crippen LogP contribution in [0, 0.1) is 0 Å².